The normalized spacial score (nSPS) is 12.3. The van der Waals surface area contributed by atoms with Gasteiger partial charge in [0, 0.05) is 11.7 Å². The van der Waals surface area contributed by atoms with Crippen LogP contribution < -0.4 is 5.32 Å². The minimum absolute atomic E-state index is 0.0265. The van der Waals surface area contributed by atoms with E-state index in [-0.39, 0.29) is 16.1 Å². The van der Waals surface area contributed by atoms with Crippen molar-refractivity contribution < 1.29 is 4.39 Å². The third kappa shape index (κ3) is 3.50. The molecule has 106 valence electrons. The summed E-state index contributed by atoms with van der Waals surface area (Å²) in [5.41, 5.74) is 1.57. The van der Waals surface area contributed by atoms with Crippen LogP contribution in [-0.4, -0.2) is 0 Å². The molecular weight excluding hydrogens is 343 g/mol. The monoisotopic (exact) mass is 351 g/mol. The van der Waals surface area contributed by atoms with Crippen LogP contribution in [0.4, 0.5) is 10.1 Å². The standard InChI is InChI=1S/C14H10Cl4FN/c1-7(8-2-3-10(15)11(16)4-8)20-9-5-12(17)14(19)13(18)6-9/h2-7,20H,1H3. The summed E-state index contributed by atoms with van der Waals surface area (Å²) in [6, 6.07) is 8.25. The first-order valence-corrected chi connectivity index (χ1v) is 7.25. The Hall–Kier alpha value is -0.670. The first-order chi connectivity index (χ1) is 9.38. The van der Waals surface area contributed by atoms with Crippen LogP contribution in [0.1, 0.15) is 18.5 Å². The zero-order valence-corrected chi connectivity index (χ0v) is 13.4. The van der Waals surface area contributed by atoms with Crippen molar-refractivity contribution in [3.05, 3.63) is 61.8 Å². The van der Waals surface area contributed by atoms with Crippen molar-refractivity contribution in [3.63, 3.8) is 0 Å². The second kappa shape index (κ2) is 6.40. The topological polar surface area (TPSA) is 12.0 Å². The Morgan fingerprint density at radius 1 is 0.900 bits per heavy atom. The van der Waals surface area contributed by atoms with Gasteiger partial charge < -0.3 is 5.32 Å². The van der Waals surface area contributed by atoms with E-state index in [9.17, 15) is 4.39 Å². The van der Waals surface area contributed by atoms with E-state index in [2.05, 4.69) is 5.32 Å². The fourth-order valence-corrected chi connectivity index (χ4v) is 2.55. The SMILES string of the molecule is CC(Nc1cc(Cl)c(F)c(Cl)c1)c1ccc(Cl)c(Cl)c1. The molecule has 2 aromatic carbocycles. The molecule has 0 saturated carbocycles. The minimum atomic E-state index is -0.624. The molecule has 0 aromatic heterocycles. The minimum Gasteiger partial charge on any atom is -0.378 e. The molecule has 1 N–H and O–H groups in total. The lowest BCUT2D eigenvalue weighted by Gasteiger charge is -2.17. The molecule has 0 heterocycles. The lowest BCUT2D eigenvalue weighted by Crippen LogP contribution is -2.06. The molecule has 6 heteroatoms. The number of halogens is 5. The molecule has 0 bridgehead atoms. The molecule has 0 amide bonds. The van der Waals surface area contributed by atoms with Crippen molar-refractivity contribution in [1.82, 2.24) is 0 Å². The van der Waals surface area contributed by atoms with Gasteiger partial charge in [-0.2, -0.15) is 0 Å². The first-order valence-electron chi connectivity index (χ1n) is 5.74. The van der Waals surface area contributed by atoms with Crippen LogP contribution in [0.5, 0.6) is 0 Å². The maximum Gasteiger partial charge on any atom is 0.160 e. The van der Waals surface area contributed by atoms with Gasteiger partial charge in [0.15, 0.2) is 5.82 Å². The number of nitrogens with one attached hydrogen (secondary N) is 1. The maximum absolute atomic E-state index is 13.3. The van der Waals surface area contributed by atoms with Gasteiger partial charge in [-0.25, -0.2) is 4.39 Å². The van der Waals surface area contributed by atoms with Crippen molar-refractivity contribution in [3.8, 4) is 0 Å². The van der Waals surface area contributed by atoms with Gasteiger partial charge in [-0.1, -0.05) is 52.5 Å². The second-order valence-electron chi connectivity index (χ2n) is 4.29. The zero-order valence-electron chi connectivity index (χ0n) is 10.4. The van der Waals surface area contributed by atoms with E-state index in [1.165, 1.54) is 12.1 Å². The Bertz CT molecular complexity index is 622. The highest BCUT2D eigenvalue weighted by Crippen LogP contribution is 2.31. The predicted octanol–water partition coefficient (Wildman–Crippen LogP) is 6.61. The third-order valence-electron chi connectivity index (χ3n) is 2.81. The van der Waals surface area contributed by atoms with Crippen LogP contribution in [0.15, 0.2) is 30.3 Å². The number of hydrogen-bond donors (Lipinski definition) is 1. The molecule has 0 aliphatic carbocycles. The van der Waals surface area contributed by atoms with Crippen LogP contribution >= 0.6 is 46.4 Å². The highest BCUT2D eigenvalue weighted by Gasteiger charge is 2.11. The van der Waals surface area contributed by atoms with Crippen LogP contribution in [0, 0.1) is 5.82 Å². The van der Waals surface area contributed by atoms with Gasteiger partial charge in [0.25, 0.3) is 0 Å². The summed E-state index contributed by atoms with van der Waals surface area (Å²) in [6.07, 6.45) is 0. The van der Waals surface area contributed by atoms with E-state index in [4.69, 9.17) is 46.4 Å². The number of hydrogen-bond acceptors (Lipinski definition) is 1. The Morgan fingerprint density at radius 3 is 2.05 bits per heavy atom. The fourth-order valence-electron chi connectivity index (χ4n) is 1.75. The first kappa shape index (κ1) is 15.7. The molecule has 2 aromatic rings. The van der Waals surface area contributed by atoms with E-state index in [1.807, 2.05) is 13.0 Å². The Balaban J connectivity index is 2.23. The van der Waals surface area contributed by atoms with Gasteiger partial charge in [-0.3, -0.25) is 0 Å². The Morgan fingerprint density at radius 2 is 1.50 bits per heavy atom. The molecule has 1 nitrogen and oxygen atoms in total. The molecule has 1 atom stereocenters. The molecule has 20 heavy (non-hydrogen) atoms. The summed E-state index contributed by atoms with van der Waals surface area (Å²) >= 11 is 23.4. The molecule has 0 spiro atoms. The van der Waals surface area contributed by atoms with Crippen molar-refractivity contribution in [2.75, 3.05) is 5.32 Å². The number of anilines is 1. The molecule has 0 aliphatic rings. The highest BCUT2D eigenvalue weighted by molar-refractivity contribution is 6.42. The van der Waals surface area contributed by atoms with Crippen LogP contribution in [0.25, 0.3) is 0 Å². The summed E-state index contributed by atoms with van der Waals surface area (Å²) in [5, 5.41) is 4.10. The Labute approximate surface area is 136 Å². The molecule has 0 radical (unpaired) electrons. The summed E-state index contributed by atoms with van der Waals surface area (Å²) in [7, 11) is 0. The molecule has 2 rings (SSSR count). The van der Waals surface area contributed by atoms with Crippen molar-refractivity contribution in [2.24, 2.45) is 0 Å². The van der Waals surface area contributed by atoms with Gasteiger partial charge in [0.2, 0.25) is 0 Å². The molecule has 0 saturated heterocycles. The maximum atomic E-state index is 13.3. The molecule has 1 unspecified atom stereocenters. The second-order valence-corrected chi connectivity index (χ2v) is 5.92. The molecule has 0 fully saturated rings. The van der Waals surface area contributed by atoms with E-state index in [0.29, 0.717) is 15.7 Å². The third-order valence-corrected chi connectivity index (χ3v) is 4.10. The average Bonchev–Trinajstić information content (AvgIpc) is 2.39. The van der Waals surface area contributed by atoms with Crippen molar-refractivity contribution in [2.45, 2.75) is 13.0 Å². The van der Waals surface area contributed by atoms with Crippen LogP contribution in [0.2, 0.25) is 20.1 Å². The lowest BCUT2D eigenvalue weighted by molar-refractivity contribution is 0.628. The summed E-state index contributed by atoms with van der Waals surface area (Å²) < 4.78 is 13.3. The number of rotatable bonds is 3. The quantitative estimate of drug-likeness (QED) is 0.612. The lowest BCUT2D eigenvalue weighted by atomic mass is 10.1. The summed E-state index contributed by atoms with van der Waals surface area (Å²) in [6.45, 7) is 1.94. The molecule has 0 aliphatic heterocycles. The number of benzene rings is 2. The van der Waals surface area contributed by atoms with Gasteiger partial charge >= 0.3 is 0 Å². The largest absolute Gasteiger partial charge is 0.378 e. The van der Waals surface area contributed by atoms with E-state index in [1.54, 1.807) is 12.1 Å². The van der Waals surface area contributed by atoms with Crippen LogP contribution in [-0.2, 0) is 0 Å². The summed E-state index contributed by atoms with van der Waals surface area (Å²) in [5.74, 6) is -0.624. The van der Waals surface area contributed by atoms with Crippen LogP contribution in [0.3, 0.4) is 0 Å². The van der Waals surface area contributed by atoms with E-state index < -0.39 is 5.82 Å². The van der Waals surface area contributed by atoms with Crippen molar-refractivity contribution in [1.29, 1.82) is 0 Å². The average molecular weight is 353 g/mol. The predicted molar refractivity (Wildman–Crippen MR) is 84.9 cm³/mol. The van der Waals surface area contributed by atoms with Gasteiger partial charge in [-0.15, -0.1) is 0 Å². The zero-order chi connectivity index (χ0) is 14.9. The fraction of sp³-hybridized carbons (Fsp3) is 0.143. The van der Waals surface area contributed by atoms with Gasteiger partial charge in [-0.05, 0) is 36.8 Å². The smallest absolute Gasteiger partial charge is 0.160 e. The van der Waals surface area contributed by atoms with Crippen molar-refractivity contribution >= 4 is 52.1 Å². The highest BCUT2D eigenvalue weighted by atomic mass is 35.5. The van der Waals surface area contributed by atoms with Gasteiger partial charge in [0.1, 0.15) is 0 Å². The summed E-state index contributed by atoms with van der Waals surface area (Å²) in [4.78, 5) is 0. The van der Waals surface area contributed by atoms with E-state index >= 15 is 0 Å². The van der Waals surface area contributed by atoms with E-state index in [0.717, 1.165) is 5.56 Å². The molecular formula is C14H10Cl4FN. The Kier molecular flexibility index (Phi) is 5.03. The van der Waals surface area contributed by atoms with Gasteiger partial charge in [0.05, 0.1) is 20.1 Å².